The highest BCUT2D eigenvalue weighted by atomic mass is 35.5. The Labute approximate surface area is 78.9 Å². The maximum Gasteiger partial charge on any atom is 0.312 e. The molecule has 0 aliphatic heterocycles. The van der Waals surface area contributed by atoms with E-state index < -0.39 is 15.1 Å². The fraction of sp³-hybridized carbons (Fsp3) is 0. The molecule has 0 atom stereocenters. The molecule has 1 rings (SSSR count). The molecule has 12 heavy (non-hydrogen) atoms. The van der Waals surface area contributed by atoms with Gasteiger partial charge in [-0.1, -0.05) is 23.2 Å². The van der Waals surface area contributed by atoms with E-state index in [0.29, 0.717) is 0 Å². The molecule has 66 valence electrons. The van der Waals surface area contributed by atoms with Crippen molar-refractivity contribution in [3.05, 3.63) is 22.3 Å². The van der Waals surface area contributed by atoms with Crippen LogP contribution in [0.5, 0.6) is 0 Å². The van der Waals surface area contributed by atoms with E-state index in [1.54, 1.807) is 0 Å². The molecule has 0 unspecified atom stereocenters. The van der Waals surface area contributed by atoms with Crippen LogP contribution in [0, 0.1) is 0 Å². The molecule has 0 saturated carbocycles. The molecule has 0 amide bonds. The smallest absolute Gasteiger partial charge is 0.281 e. The van der Waals surface area contributed by atoms with E-state index in [1.807, 2.05) is 0 Å². The van der Waals surface area contributed by atoms with Crippen molar-refractivity contribution in [3.63, 3.8) is 0 Å². The standard InChI is InChI=1S/C5H3Cl2NO3S/c6-3-1-2-4(8-5(3)7)12(9,10)11/h1-2H,(H,9,10,11). The van der Waals surface area contributed by atoms with Crippen LogP contribution in [0.4, 0.5) is 0 Å². The Kier molecular flexibility index (Phi) is 2.58. The second-order valence-electron chi connectivity index (χ2n) is 1.90. The summed E-state index contributed by atoms with van der Waals surface area (Å²) in [6.07, 6.45) is 0. The quantitative estimate of drug-likeness (QED) is 0.585. The highest BCUT2D eigenvalue weighted by Gasteiger charge is 2.12. The van der Waals surface area contributed by atoms with E-state index in [4.69, 9.17) is 27.8 Å². The molecule has 1 heterocycles. The summed E-state index contributed by atoms with van der Waals surface area (Å²) in [6.45, 7) is 0. The summed E-state index contributed by atoms with van der Waals surface area (Å²) in [5.74, 6) is 0. The van der Waals surface area contributed by atoms with Crippen LogP contribution < -0.4 is 0 Å². The third-order valence-corrected chi connectivity index (χ3v) is 2.49. The molecule has 1 N–H and O–H groups in total. The van der Waals surface area contributed by atoms with Gasteiger partial charge in [0.05, 0.1) is 5.02 Å². The van der Waals surface area contributed by atoms with Gasteiger partial charge in [0.15, 0.2) is 5.03 Å². The number of hydrogen-bond donors (Lipinski definition) is 1. The first kappa shape index (κ1) is 9.73. The van der Waals surface area contributed by atoms with Crippen molar-refractivity contribution in [2.24, 2.45) is 0 Å². The molecule has 0 saturated heterocycles. The fourth-order valence-corrected chi connectivity index (χ4v) is 1.30. The van der Waals surface area contributed by atoms with Gasteiger partial charge >= 0.3 is 10.1 Å². The van der Waals surface area contributed by atoms with Crippen LogP contribution in [0.1, 0.15) is 0 Å². The summed E-state index contributed by atoms with van der Waals surface area (Å²) < 4.78 is 29.5. The van der Waals surface area contributed by atoms with Crippen molar-refractivity contribution in [1.82, 2.24) is 4.98 Å². The summed E-state index contributed by atoms with van der Waals surface area (Å²) in [7, 11) is -4.30. The second-order valence-corrected chi connectivity index (χ2v) is 4.03. The Morgan fingerprint density at radius 1 is 1.33 bits per heavy atom. The molecule has 0 aliphatic carbocycles. The van der Waals surface area contributed by atoms with Crippen LogP contribution in [0.3, 0.4) is 0 Å². The molecule has 0 spiro atoms. The van der Waals surface area contributed by atoms with Gasteiger partial charge in [0.1, 0.15) is 5.15 Å². The number of aromatic nitrogens is 1. The first-order valence-electron chi connectivity index (χ1n) is 2.71. The minimum Gasteiger partial charge on any atom is -0.281 e. The Hall–Kier alpha value is -0.360. The summed E-state index contributed by atoms with van der Waals surface area (Å²) in [6, 6.07) is 2.30. The normalized spacial score (nSPS) is 11.6. The van der Waals surface area contributed by atoms with Crippen molar-refractivity contribution >= 4 is 33.3 Å². The molecule has 0 bridgehead atoms. The first-order chi connectivity index (χ1) is 5.41. The summed E-state index contributed by atoms with van der Waals surface area (Å²) in [5, 5.41) is -0.548. The summed E-state index contributed by atoms with van der Waals surface area (Å²) in [5.41, 5.74) is 0. The van der Waals surface area contributed by atoms with Gasteiger partial charge in [0, 0.05) is 0 Å². The fourth-order valence-electron chi connectivity index (χ4n) is 0.544. The Morgan fingerprint density at radius 3 is 2.33 bits per heavy atom. The van der Waals surface area contributed by atoms with Gasteiger partial charge in [-0.05, 0) is 12.1 Å². The van der Waals surface area contributed by atoms with Crippen molar-refractivity contribution in [3.8, 4) is 0 Å². The predicted octanol–water partition coefficient (Wildman–Crippen LogP) is 1.64. The van der Waals surface area contributed by atoms with Crippen molar-refractivity contribution in [2.75, 3.05) is 0 Å². The molecule has 1 aromatic rings. The van der Waals surface area contributed by atoms with Gasteiger partial charge in [-0.3, -0.25) is 4.55 Å². The lowest BCUT2D eigenvalue weighted by atomic mass is 10.5. The minimum absolute atomic E-state index is 0.129. The first-order valence-corrected chi connectivity index (χ1v) is 4.90. The Bertz CT molecular complexity index is 403. The van der Waals surface area contributed by atoms with Crippen molar-refractivity contribution < 1.29 is 13.0 Å². The molecule has 7 heteroatoms. The maximum atomic E-state index is 10.5. The Morgan fingerprint density at radius 2 is 1.92 bits per heavy atom. The van der Waals surface area contributed by atoms with E-state index in [1.165, 1.54) is 6.07 Å². The SMILES string of the molecule is O=S(=O)(O)c1ccc(Cl)c(Cl)n1. The monoisotopic (exact) mass is 227 g/mol. The number of halogens is 2. The van der Waals surface area contributed by atoms with Crippen LogP contribution >= 0.6 is 23.2 Å². The highest BCUT2D eigenvalue weighted by molar-refractivity contribution is 7.85. The average Bonchev–Trinajstić information content (AvgIpc) is 1.92. The number of hydrogen-bond acceptors (Lipinski definition) is 3. The molecule has 1 aromatic heterocycles. The highest BCUT2D eigenvalue weighted by Crippen LogP contribution is 2.20. The van der Waals surface area contributed by atoms with Crippen LogP contribution in [-0.2, 0) is 10.1 Å². The maximum absolute atomic E-state index is 10.5. The molecular formula is C5H3Cl2NO3S. The lowest BCUT2D eigenvalue weighted by molar-refractivity contribution is 0.479. The number of nitrogens with zero attached hydrogens (tertiary/aromatic N) is 1. The molecule has 0 aromatic carbocycles. The van der Waals surface area contributed by atoms with Gasteiger partial charge in [0.2, 0.25) is 0 Å². The van der Waals surface area contributed by atoms with Gasteiger partial charge < -0.3 is 0 Å². The van der Waals surface area contributed by atoms with Crippen LogP contribution in [-0.4, -0.2) is 18.0 Å². The lowest BCUT2D eigenvalue weighted by Gasteiger charge is -1.97. The zero-order valence-corrected chi connectivity index (χ0v) is 7.86. The summed E-state index contributed by atoms with van der Waals surface area (Å²) in [4.78, 5) is 3.34. The third kappa shape index (κ3) is 2.07. The molecule has 0 fully saturated rings. The van der Waals surface area contributed by atoms with Crippen LogP contribution in [0.2, 0.25) is 10.2 Å². The molecular weight excluding hydrogens is 225 g/mol. The largest absolute Gasteiger partial charge is 0.312 e. The average molecular weight is 228 g/mol. The van der Waals surface area contributed by atoms with Crippen molar-refractivity contribution in [2.45, 2.75) is 5.03 Å². The molecule has 0 radical (unpaired) electrons. The van der Waals surface area contributed by atoms with Crippen molar-refractivity contribution in [1.29, 1.82) is 0 Å². The van der Waals surface area contributed by atoms with E-state index in [0.717, 1.165) is 6.07 Å². The van der Waals surface area contributed by atoms with E-state index in [-0.39, 0.29) is 10.2 Å². The van der Waals surface area contributed by atoms with E-state index in [9.17, 15) is 8.42 Å². The van der Waals surface area contributed by atoms with Gasteiger partial charge in [-0.2, -0.15) is 8.42 Å². The topological polar surface area (TPSA) is 67.3 Å². The minimum atomic E-state index is -4.30. The zero-order valence-electron chi connectivity index (χ0n) is 5.53. The lowest BCUT2D eigenvalue weighted by Crippen LogP contribution is -2.00. The van der Waals surface area contributed by atoms with Gasteiger partial charge in [-0.25, -0.2) is 4.98 Å². The van der Waals surface area contributed by atoms with Gasteiger partial charge in [-0.15, -0.1) is 0 Å². The number of pyridine rings is 1. The number of rotatable bonds is 1. The van der Waals surface area contributed by atoms with Crippen LogP contribution in [0.25, 0.3) is 0 Å². The predicted molar refractivity (Wildman–Crippen MR) is 44.1 cm³/mol. The summed E-state index contributed by atoms with van der Waals surface area (Å²) >= 11 is 10.9. The van der Waals surface area contributed by atoms with Crippen LogP contribution in [0.15, 0.2) is 17.2 Å². The van der Waals surface area contributed by atoms with E-state index in [2.05, 4.69) is 4.98 Å². The third-order valence-electron chi connectivity index (χ3n) is 1.04. The van der Waals surface area contributed by atoms with E-state index >= 15 is 0 Å². The Balaban J connectivity index is 3.33. The second kappa shape index (κ2) is 3.18. The van der Waals surface area contributed by atoms with Gasteiger partial charge in [0.25, 0.3) is 0 Å². The zero-order chi connectivity index (χ0) is 9.35. The molecule has 4 nitrogen and oxygen atoms in total. The molecule has 0 aliphatic rings.